The van der Waals surface area contributed by atoms with Crippen molar-refractivity contribution in [3.8, 4) is 0 Å². The number of hydrogen-bond donors (Lipinski definition) is 2. The maximum absolute atomic E-state index is 5.45. The second kappa shape index (κ2) is 12.3. The second-order valence-corrected chi connectivity index (χ2v) is 6.70. The molecule has 2 heterocycles. The number of halogens is 1. The van der Waals surface area contributed by atoms with Crippen LogP contribution in [-0.2, 0) is 32.5 Å². The van der Waals surface area contributed by atoms with E-state index in [0.717, 1.165) is 47.9 Å². The fourth-order valence-corrected chi connectivity index (χ4v) is 3.15. The summed E-state index contributed by atoms with van der Waals surface area (Å²) in [5.74, 6) is 1.71. The molecular weight excluding hydrogens is 493 g/mol. The van der Waals surface area contributed by atoms with Gasteiger partial charge in [0, 0.05) is 25.1 Å². The second-order valence-electron chi connectivity index (χ2n) is 6.70. The molecule has 2 N–H and O–H groups in total. The number of hydrogen-bond acceptors (Lipinski definition) is 5. The van der Waals surface area contributed by atoms with Crippen LogP contribution in [0.1, 0.15) is 48.9 Å². The topological polar surface area (TPSA) is 93.2 Å². The number of nitrogens with one attached hydrogen (secondary N) is 2. The average Bonchev–Trinajstić information content (AvgIpc) is 3.39. The van der Waals surface area contributed by atoms with Gasteiger partial charge in [0.1, 0.15) is 18.4 Å². The molecule has 0 aliphatic heterocycles. The van der Waals surface area contributed by atoms with Crippen LogP contribution in [0.25, 0.3) is 0 Å². The summed E-state index contributed by atoms with van der Waals surface area (Å²) in [4.78, 5) is 8.73. The minimum Gasteiger partial charge on any atom is -0.361 e. The van der Waals surface area contributed by atoms with Crippen molar-refractivity contribution >= 4 is 29.9 Å². The van der Waals surface area contributed by atoms with E-state index in [1.54, 1.807) is 12.7 Å². The van der Waals surface area contributed by atoms with Gasteiger partial charge < -0.3 is 15.2 Å². The van der Waals surface area contributed by atoms with E-state index in [0.29, 0.717) is 19.6 Å². The summed E-state index contributed by atoms with van der Waals surface area (Å²) >= 11 is 0. The van der Waals surface area contributed by atoms with Crippen molar-refractivity contribution in [1.29, 1.82) is 0 Å². The average molecular weight is 523 g/mol. The molecule has 0 atom stereocenters. The van der Waals surface area contributed by atoms with Gasteiger partial charge in [0.2, 0.25) is 0 Å². The van der Waals surface area contributed by atoms with Crippen LogP contribution in [0.5, 0.6) is 0 Å². The zero-order chi connectivity index (χ0) is 20.5. The minimum absolute atomic E-state index is 0. The van der Waals surface area contributed by atoms with Gasteiger partial charge in [-0.25, -0.2) is 14.7 Å². The third kappa shape index (κ3) is 6.54. The molecule has 9 heteroatoms. The van der Waals surface area contributed by atoms with Gasteiger partial charge in [-0.1, -0.05) is 43.3 Å². The molecule has 0 amide bonds. The van der Waals surface area contributed by atoms with Crippen LogP contribution < -0.4 is 10.6 Å². The van der Waals surface area contributed by atoms with Crippen LogP contribution in [0, 0.1) is 0 Å². The first-order valence-electron chi connectivity index (χ1n) is 10.1. The summed E-state index contributed by atoms with van der Waals surface area (Å²) in [5, 5.41) is 15.1. The molecule has 0 unspecified atom stereocenters. The summed E-state index contributed by atoms with van der Waals surface area (Å²) < 4.78 is 7.26. The Bertz CT molecular complexity index is 900. The van der Waals surface area contributed by atoms with E-state index in [-0.39, 0.29) is 24.0 Å². The van der Waals surface area contributed by atoms with Gasteiger partial charge >= 0.3 is 0 Å². The van der Waals surface area contributed by atoms with Crippen molar-refractivity contribution in [2.75, 3.05) is 6.54 Å². The van der Waals surface area contributed by atoms with Gasteiger partial charge in [-0.3, -0.25) is 0 Å². The molecule has 1 aromatic carbocycles. The molecule has 0 saturated carbocycles. The van der Waals surface area contributed by atoms with Gasteiger partial charge in [0.05, 0.1) is 18.8 Å². The highest BCUT2D eigenvalue weighted by Crippen LogP contribution is 2.15. The standard InChI is InChI=1S/C21H29N7O.HI/c1-4-19-18(20(5-2)29-27-19)12-25-21(23-6-3)24-11-16-8-7-9-17(10-16)13-28-15-22-14-26-28;/h7-10,14-15H,4-6,11-13H2,1-3H3,(H2,23,24,25);1H. The predicted octanol–water partition coefficient (Wildman–Crippen LogP) is 3.31. The minimum atomic E-state index is 0. The van der Waals surface area contributed by atoms with Crippen LogP contribution >= 0.6 is 24.0 Å². The number of aromatic nitrogens is 4. The van der Waals surface area contributed by atoms with E-state index in [2.05, 4.69) is 70.9 Å². The molecule has 8 nitrogen and oxygen atoms in total. The third-order valence-corrected chi connectivity index (χ3v) is 4.61. The Kier molecular flexibility index (Phi) is 9.78. The smallest absolute Gasteiger partial charge is 0.191 e. The van der Waals surface area contributed by atoms with E-state index in [1.807, 2.05) is 4.68 Å². The van der Waals surface area contributed by atoms with Gasteiger partial charge in [-0.15, -0.1) is 24.0 Å². The molecule has 0 aliphatic rings. The molecule has 162 valence electrons. The van der Waals surface area contributed by atoms with Crippen LogP contribution in [0.3, 0.4) is 0 Å². The number of nitrogens with zero attached hydrogens (tertiary/aromatic N) is 5. The summed E-state index contributed by atoms with van der Waals surface area (Å²) in [6, 6.07) is 8.37. The number of benzene rings is 1. The SMILES string of the molecule is CCNC(=NCc1cccc(Cn2cncn2)c1)NCc1c(CC)noc1CC.I. The zero-order valence-corrected chi connectivity index (χ0v) is 20.1. The summed E-state index contributed by atoms with van der Waals surface area (Å²) in [7, 11) is 0. The number of guanidine groups is 1. The maximum Gasteiger partial charge on any atom is 0.191 e. The van der Waals surface area contributed by atoms with Gasteiger partial charge in [0.25, 0.3) is 0 Å². The van der Waals surface area contributed by atoms with E-state index in [4.69, 9.17) is 9.52 Å². The molecule has 30 heavy (non-hydrogen) atoms. The molecule has 2 aromatic heterocycles. The Morgan fingerprint density at radius 3 is 2.67 bits per heavy atom. The molecule has 0 aliphatic carbocycles. The lowest BCUT2D eigenvalue weighted by molar-refractivity contribution is 0.380. The van der Waals surface area contributed by atoms with Gasteiger partial charge in [-0.05, 0) is 24.5 Å². The monoisotopic (exact) mass is 523 g/mol. The third-order valence-electron chi connectivity index (χ3n) is 4.61. The Hall–Kier alpha value is -2.43. The first-order chi connectivity index (χ1) is 14.2. The molecule has 3 aromatic rings. The van der Waals surface area contributed by atoms with Crippen LogP contribution in [0.15, 0.2) is 46.4 Å². The first-order valence-corrected chi connectivity index (χ1v) is 10.1. The molecule has 0 bridgehead atoms. The Balaban J connectivity index is 0.00000320. The summed E-state index contributed by atoms with van der Waals surface area (Å²) in [6.07, 6.45) is 4.95. The van der Waals surface area contributed by atoms with E-state index < -0.39 is 0 Å². The van der Waals surface area contributed by atoms with Crippen molar-refractivity contribution in [2.24, 2.45) is 4.99 Å². The molecule has 0 saturated heterocycles. The quantitative estimate of drug-likeness (QED) is 0.254. The normalized spacial score (nSPS) is 11.2. The number of aliphatic imine (C=N–C) groups is 1. The van der Waals surface area contributed by atoms with Crippen LogP contribution in [0.2, 0.25) is 0 Å². The largest absolute Gasteiger partial charge is 0.361 e. The molecule has 0 spiro atoms. The lowest BCUT2D eigenvalue weighted by Gasteiger charge is -2.12. The molecular formula is C21H30IN7O. The highest BCUT2D eigenvalue weighted by molar-refractivity contribution is 14.0. The highest BCUT2D eigenvalue weighted by Gasteiger charge is 2.13. The van der Waals surface area contributed by atoms with Gasteiger partial charge in [0.15, 0.2) is 5.96 Å². The predicted molar refractivity (Wildman–Crippen MR) is 128 cm³/mol. The highest BCUT2D eigenvalue weighted by atomic mass is 127. The molecule has 0 fully saturated rings. The Morgan fingerprint density at radius 1 is 1.13 bits per heavy atom. The van der Waals surface area contributed by atoms with Crippen molar-refractivity contribution in [3.63, 3.8) is 0 Å². The Labute approximate surface area is 194 Å². The summed E-state index contributed by atoms with van der Waals surface area (Å²) in [5.41, 5.74) is 4.46. The lowest BCUT2D eigenvalue weighted by atomic mass is 10.1. The van der Waals surface area contributed by atoms with E-state index in [9.17, 15) is 0 Å². The fraction of sp³-hybridized carbons (Fsp3) is 0.429. The van der Waals surface area contributed by atoms with E-state index >= 15 is 0 Å². The maximum atomic E-state index is 5.45. The summed E-state index contributed by atoms with van der Waals surface area (Å²) in [6.45, 7) is 8.96. The molecule has 3 rings (SSSR count). The first kappa shape index (κ1) is 23.8. The van der Waals surface area contributed by atoms with Crippen molar-refractivity contribution < 1.29 is 4.52 Å². The zero-order valence-electron chi connectivity index (χ0n) is 17.8. The van der Waals surface area contributed by atoms with Crippen LogP contribution in [-0.4, -0.2) is 32.4 Å². The van der Waals surface area contributed by atoms with Crippen molar-refractivity contribution in [1.82, 2.24) is 30.6 Å². The number of rotatable bonds is 9. The number of aryl methyl sites for hydroxylation is 2. The van der Waals surface area contributed by atoms with E-state index in [1.165, 1.54) is 5.56 Å². The van der Waals surface area contributed by atoms with Crippen molar-refractivity contribution in [2.45, 2.75) is 53.2 Å². The van der Waals surface area contributed by atoms with Crippen molar-refractivity contribution in [3.05, 3.63) is 65.1 Å². The fourth-order valence-electron chi connectivity index (χ4n) is 3.15. The van der Waals surface area contributed by atoms with Crippen LogP contribution in [0.4, 0.5) is 0 Å². The lowest BCUT2D eigenvalue weighted by Crippen LogP contribution is -2.37. The molecule has 0 radical (unpaired) electrons. The Morgan fingerprint density at radius 2 is 1.97 bits per heavy atom. The van der Waals surface area contributed by atoms with Gasteiger partial charge in [-0.2, -0.15) is 5.10 Å².